The summed E-state index contributed by atoms with van der Waals surface area (Å²) in [5.74, 6) is 0.927. The number of nitrogens with two attached hydrogens (primary N) is 1. The maximum atomic E-state index is 5.50. The number of thiazole rings is 1. The molecule has 2 N–H and O–H groups in total. The van der Waals surface area contributed by atoms with Gasteiger partial charge in [-0.3, -0.25) is 0 Å². The molecule has 1 aromatic carbocycles. The lowest BCUT2D eigenvalue weighted by molar-refractivity contribution is 0.410. The Morgan fingerprint density at radius 3 is 2.94 bits per heavy atom. The zero-order valence-electron chi connectivity index (χ0n) is 10.6. The maximum Gasteiger partial charge on any atom is 0.122 e. The Morgan fingerprint density at radius 2 is 2.17 bits per heavy atom. The third-order valence-corrected chi connectivity index (χ3v) is 3.67. The van der Waals surface area contributed by atoms with Crippen molar-refractivity contribution < 1.29 is 4.74 Å². The van der Waals surface area contributed by atoms with Gasteiger partial charge in [0.2, 0.25) is 0 Å². The van der Waals surface area contributed by atoms with Crippen molar-refractivity contribution in [3.8, 4) is 5.75 Å². The normalized spacial score (nSPS) is 10.6. The van der Waals surface area contributed by atoms with E-state index in [1.807, 2.05) is 18.2 Å². The standard InChI is InChI=1S/C14H18N2OS/c1-17-13-7-3-2-5-11(13)9-14-16-12(10-18-14)6-4-8-15/h2-3,5,7,10H,4,6,8-9,15H2,1H3. The van der Waals surface area contributed by atoms with Gasteiger partial charge in [-0.25, -0.2) is 4.98 Å². The molecular formula is C14H18N2OS. The average Bonchev–Trinajstić information content (AvgIpc) is 2.84. The summed E-state index contributed by atoms with van der Waals surface area (Å²) in [5, 5.41) is 3.26. The van der Waals surface area contributed by atoms with Crippen molar-refractivity contribution in [2.75, 3.05) is 13.7 Å². The highest BCUT2D eigenvalue weighted by molar-refractivity contribution is 7.09. The van der Waals surface area contributed by atoms with Gasteiger partial charge in [-0.2, -0.15) is 0 Å². The summed E-state index contributed by atoms with van der Waals surface area (Å²) in [6.45, 7) is 0.722. The van der Waals surface area contributed by atoms with Crippen LogP contribution in [0.3, 0.4) is 0 Å². The molecule has 18 heavy (non-hydrogen) atoms. The number of ether oxygens (including phenoxy) is 1. The first-order valence-corrected chi connectivity index (χ1v) is 6.96. The minimum atomic E-state index is 0.722. The quantitative estimate of drug-likeness (QED) is 0.870. The summed E-state index contributed by atoms with van der Waals surface area (Å²) in [6.07, 6.45) is 2.80. The molecule has 0 aliphatic rings. The minimum absolute atomic E-state index is 0.722. The lowest BCUT2D eigenvalue weighted by Crippen LogP contribution is -2.00. The van der Waals surface area contributed by atoms with E-state index < -0.39 is 0 Å². The van der Waals surface area contributed by atoms with Gasteiger partial charge < -0.3 is 10.5 Å². The number of aryl methyl sites for hydroxylation is 1. The van der Waals surface area contributed by atoms with Crippen LogP contribution in [0.4, 0.5) is 0 Å². The maximum absolute atomic E-state index is 5.50. The second kappa shape index (κ2) is 6.52. The first-order chi connectivity index (χ1) is 8.83. The molecule has 1 heterocycles. The van der Waals surface area contributed by atoms with E-state index in [4.69, 9.17) is 10.5 Å². The number of benzene rings is 1. The van der Waals surface area contributed by atoms with Crippen molar-refractivity contribution in [3.05, 3.63) is 45.9 Å². The van der Waals surface area contributed by atoms with Crippen molar-refractivity contribution in [3.63, 3.8) is 0 Å². The van der Waals surface area contributed by atoms with Gasteiger partial charge in [-0.15, -0.1) is 11.3 Å². The summed E-state index contributed by atoms with van der Waals surface area (Å²) in [7, 11) is 1.70. The lowest BCUT2D eigenvalue weighted by atomic mass is 10.1. The molecule has 0 unspecified atom stereocenters. The molecule has 2 rings (SSSR count). The number of hydrogen-bond acceptors (Lipinski definition) is 4. The van der Waals surface area contributed by atoms with Crippen molar-refractivity contribution in [1.82, 2.24) is 4.98 Å². The van der Waals surface area contributed by atoms with Crippen LogP contribution in [0.1, 0.15) is 22.7 Å². The number of hydrogen-bond donors (Lipinski definition) is 1. The number of aromatic nitrogens is 1. The van der Waals surface area contributed by atoms with Gasteiger partial charge in [-0.05, 0) is 25.5 Å². The monoisotopic (exact) mass is 262 g/mol. The van der Waals surface area contributed by atoms with Crippen molar-refractivity contribution >= 4 is 11.3 Å². The Balaban J connectivity index is 2.06. The van der Waals surface area contributed by atoms with Crippen LogP contribution in [0, 0.1) is 0 Å². The van der Waals surface area contributed by atoms with Gasteiger partial charge in [0.25, 0.3) is 0 Å². The average molecular weight is 262 g/mol. The molecule has 3 nitrogen and oxygen atoms in total. The van der Waals surface area contributed by atoms with Crippen LogP contribution >= 0.6 is 11.3 Å². The minimum Gasteiger partial charge on any atom is -0.496 e. The summed E-state index contributed by atoms with van der Waals surface area (Å²) in [5.41, 5.74) is 7.83. The number of nitrogens with zero attached hydrogens (tertiary/aromatic N) is 1. The largest absolute Gasteiger partial charge is 0.496 e. The molecule has 0 atom stereocenters. The fourth-order valence-electron chi connectivity index (χ4n) is 1.84. The Morgan fingerprint density at radius 1 is 1.33 bits per heavy atom. The Bertz CT molecular complexity index is 496. The smallest absolute Gasteiger partial charge is 0.122 e. The molecule has 0 spiro atoms. The van der Waals surface area contributed by atoms with Crippen LogP contribution in [0.5, 0.6) is 5.75 Å². The lowest BCUT2D eigenvalue weighted by Gasteiger charge is -2.05. The van der Waals surface area contributed by atoms with Crippen LogP contribution in [-0.4, -0.2) is 18.6 Å². The molecule has 0 saturated heterocycles. The molecule has 0 radical (unpaired) electrons. The third-order valence-electron chi connectivity index (χ3n) is 2.77. The Kier molecular flexibility index (Phi) is 4.73. The molecule has 1 aromatic heterocycles. The number of methoxy groups -OCH3 is 1. The predicted octanol–water partition coefficient (Wildman–Crippen LogP) is 2.63. The van der Waals surface area contributed by atoms with Gasteiger partial charge in [0.05, 0.1) is 17.8 Å². The number of para-hydroxylation sites is 1. The van der Waals surface area contributed by atoms with Gasteiger partial charge in [-0.1, -0.05) is 18.2 Å². The van der Waals surface area contributed by atoms with Crippen LogP contribution in [0.2, 0.25) is 0 Å². The summed E-state index contributed by atoms with van der Waals surface area (Å²) in [4.78, 5) is 4.63. The second-order valence-electron chi connectivity index (χ2n) is 4.11. The SMILES string of the molecule is COc1ccccc1Cc1nc(CCCN)cs1. The predicted molar refractivity (Wildman–Crippen MR) is 75.3 cm³/mol. The highest BCUT2D eigenvalue weighted by Crippen LogP contribution is 2.22. The fraction of sp³-hybridized carbons (Fsp3) is 0.357. The molecule has 0 amide bonds. The molecular weight excluding hydrogens is 244 g/mol. The van der Waals surface area contributed by atoms with Crippen LogP contribution < -0.4 is 10.5 Å². The van der Waals surface area contributed by atoms with Gasteiger partial charge >= 0.3 is 0 Å². The summed E-state index contributed by atoms with van der Waals surface area (Å²) in [6, 6.07) is 8.08. The van der Waals surface area contributed by atoms with Crippen molar-refractivity contribution in [2.45, 2.75) is 19.3 Å². The van der Waals surface area contributed by atoms with Crippen LogP contribution in [-0.2, 0) is 12.8 Å². The Hall–Kier alpha value is -1.39. The van der Waals surface area contributed by atoms with Gasteiger partial charge in [0, 0.05) is 17.4 Å². The highest BCUT2D eigenvalue weighted by atomic mass is 32.1. The summed E-state index contributed by atoms with van der Waals surface area (Å²) < 4.78 is 5.35. The number of rotatable bonds is 6. The first kappa shape index (κ1) is 13.1. The molecule has 4 heteroatoms. The van der Waals surface area contributed by atoms with Crippen molar-refractivity contribution in [1.29, 1.82) is 0 Å². The topological polar surface area (TPSA) is 48.1 Å². The first-order valence-electron chi connectivity index (χ1n) is 6.08. The second-order valence-corrected chi connectivity index (χ2v) is 5.06. The highest BCUT2D eigenvalue weighted by Gasteiger charge is 2.06. The zero-order valence-corrected chi connectivity index (χ0v) is 11.4. The van der Waals surface area contributed by atoms with Crippen LogP contribution in [0.25, 0.3) is 0 Å². The van der Waals surface area contributed by atoms with E-state index in [0.717, 1.165) is 42.3 Å². The third kappa shape index (κ3) is 3.31. The molecule has 0 bridgehead atoms. The van der Waals surface area contributed by atoms with E-state index >= 15 is 0 Å². The van der Waals surface area contributed by atoms with Crippen molar-refractivity contribution in [2.24, 2.45) is 5.73 Å². The van der Waals surface area contributed by atoms with E-state index in [9.17, 15) is 0 Å². The Labute approximate surface area is 112 Å². The van der Waals surface area contributed by atoms with Crippen LogP contribution in [0.15, 0.2) is 29.6 Å². The van der Waals surface area contributed by atoms with E-state index in [-0.39, 0.29) is 0 Å². The zero-order chi connectivity index (χ0) is 12.8. The van der Waals surface area contributed by atoms with E-state index in [0.29, 0.717) is 0 Å². The molecule has 0 fully saturated rings. The van der Waals surface area contributed by atoms with E-state index in [2.05, 4.69) is 16.4 Å². The molecule has 96 valence electrons. The van der Waals surface area contributed by atoms with E-state index in [1.54, 1.807) is 18.4 Å². The summed E-state index contributed by atoms with van der Waals surface area (Å²) >= 11 is 1.71. The molecule has 0 aliphatic carbocycles. The molecule has 0 aliphatic heterocycles. The van der Waals surface area contributed by atoms with Gasteiger partial charge in [0.1, 0.15) is 5.75 Å². The van der Waals surface area contributed by atoms with E-state index in [1.165, 1.54) is 5.56 Å². The fourth-order valence-corrected chi connectivity index (χ4v) is 2.69. The van der Waals surface area contributed by atoms with Gasteiger partial charge in [0.15, 0.2) is 0 Å². The molecule has 2 aromatic rings. The molecule has 0 saturated carbocycles.